The molecule has 0 radical (unpaired) electrons. The fraction of sp³-hybridized carbons (Fsp3) is 0.200. The Hall–Kier alpha value is 2.98. The van der Waals surface area contributed by atoms with Crippen molar-refractivity contribution in [3.05, 3.63) is 52.4 Å². The molecule has 0 saturated heterocycles. The number of benzene rings is 1. The highest BCUT2D eigenvalue weighted by molar-refractivity contribution is 9.19. The lowest BCUT2D eigenvalue weighted by Crippen LogP contribution is -2.29. The van der Waals surface area contributed by atoms with Crippen LogP contribution in [0.5, 0.6) is 5.75 Å². The Morgan fingerprint density at radius 2 is 1.58 bits per heavy atom. The van der Waals surface area contributed by atoms with Gasteiger partial charge in [-0.2, -0.15) is 0 Å². The van der Waals surface area contributed by atoms with E-state index in [0.717, 1.165) is 10.6 Å². The van der Waals surface area contributed by atoms with Crippen molar-refractivity contribution in [2.45, 2.75) is 28.7 Å². The van der Waals surface area contributed by atoms with Gasteiger partial charge in [-0.15, -0.1) is 53.6 Å². The van der Waals surface area contributed by atoms with E-state index in [9.17, 15) is 23.1 Å². The number of hydrogen-bond donors (Lipinski definition) is 1. The highest BCUT2D eigenvalue weighted by Crippen LogP contribution is 3.17. The zero-order valence-corrected chi connectivity index (χ0v) is 32.8. The third-order valence-corrected chi connectivity index (χ3v) is 77.5. The molecule has 1 aromatic heterocycles. The van der Waals surface area contributed by atoms with Gasteiger partial charge in [-0.05, 0) is 45.9 Å². The molecule has 10 unspecified atom stereocenters. The number of fused-ring (bicyclic) bond motifs is 1. The van der Waals surface area contributed by atoms with Gasteiger partial charge in [-0.3, -0.25) is 9.36 Å². The molecule has 1 aliphatic heterocycles. The molecular formula is C15H26NO6P13S. The van der Waals surface area contributed by atoms with Crippen LogP contribution in [0.4, 0.5) is 0 Å². The van der Waals surface area contributed by atoms with Crippen molar-refractivity contribution in [1.29, 1.82) is 0 Å². The number of rotatable bonds is 9. The van der Waals surface area contributed by atoms with E-state index in [2.05, 4.69) is 62.5 Å². The lowest BCUT2D eigenvalue weighted by molar-refractivity contribution is -0.136. The van der Waals surface area contributed by atoms with Crippen molar-refractivity contribution < 1.29 is 22.8 Å². The molecule has 2 aromatic rings. The molecular weight excluding hydrogens is 725 g/mol. The maximum absolute atomic E-state index is 13.6. The van der Waals surface area contributed by atoms with Gasteiger partial charge >= 0.3 is 5.97 Å². The van der Waals surface area contributed by atoms with Gasteiger partial charge in [-0.1, -0.05) is 27.1 Å². The van der Waals surface area contributed by atoms with Gasteiger partial charge in [0.1, 0.15) is 6.04 Å². The van der Waals surface area contributed by atoms with Crippen molar-refractivity contribution in [3.8, 4) is 5.75 Å². The summed E-state index contributed by atoms with van der Waals surface area (Å²) in [5.41, 5.74) is -0.560. The Balaban J connectivity index is 2.05. The Kier molecular flexibility index (Phi) is 13.4. The van der Waals surface area contributed by atoms with E-state index in [0.29, 0.717) is 0 Å². The molecule has 0 fully saturated rings. The summed E-state index contributed by atoms with van der Waals surface area (Å²) in [5.74, 6) is -1.25. The summed E-state index contributed by atoms with van der Waals surface area (Å²) in [5, 5.41) is 10.4. The predicted octanol–water partition coefficient (Wildman–Crippen LogP) is 8.33. The van der Waals surface area contributed by atoms with Crippen molar-refractivity contribution in [2.24, 2.45) is 0 Å². The largest absolute Gasteiger partial charge is 0.503 e. The molecule has 0 aliphatic carbocycles. The lowest BCUT2D eigenvalue weighted by Gasteiger charge is -2.36. The lowest BCUT2D eigenvalue weighted by atomic mass is 10.2. The van der Waals surface area contributed by atoms with Gasteiger partial charge in [0.2, 0.25) is 9.84 Å². The van der Waals surface area contributed by atoms with Crippen LogP contribution in [0.3, 0.4) is 0 Å². The molecule has 10 atom stereocenters. The van der Waals surface area contributed by atoms with Crippen LogP contribution in [0.25, 0.3) is 0 Å². The summed E-state index contributed by atoms with van der Waals surface area (Å²) in [6.45, 7) is -2.84. The minimum atomic E-state index is -4.01. The minimum absolute atomic E-state index is 0.0532. The molecule has 7 nitrogen and oxygen atoms in total. The second-order valence-electron chi connectivity index (χ2n) is 7.28. The summed E-state index contributed by atoms with van der Waals surface area (Å²) in [7, 11) is 14.9. The second kappa shape index (κ2) is 14.4. The summed E-state index contributed by atoms with van der Waals surface area (Å²) >= 11 is 0. The van der Waals surface area contributed by atoms with Gasteiger partial charge < -0.3 is 9.63 Å². The molecule has 36 heavy (non-hydrogen) atoms. The van der Waals surface area contributed by atoms with Crippen LogP contribution in [0.2, 0.25) is 0 Å². The van der Waals surface area contributed by atoms with Crippen LogP contribution in [0, 0.1) is 0 Å². The van der Waals surface area contributed by atoms with Crippen molar-refractivity contribution >= 4 is 121 Å². The molecule has 1 aliphatic rings. The summed E-state index contributed by atoms with van der Waals surface area (Å²) in [6, 6.07) is 7.86. The SMILES string of the molecule is O=C(OP(P(P)P(P)P)P(P(P)P)P(P)P)C1CCc2c(S(=O)(=O)c3ccccc3)cc(O)c(=O)n21. The second-order valence-corrected chi connectivity index (χ2v) is 58.0. The summed E-state index contributed by atoms with van der Waals surface area (Å²) < 4.78 is 34.1. The fourth-order valence-electron chi connectivity index (χ4n) is 3.48. The van der Waals surface area contributed by atoms with E-state index in [1.807, 2.05) is 0 Å². The maximum Gasteiger partial charge on any atom is 0.332 e. The number of carbonyl (C=O) groups is 1. The van der Waals surface area contributed by atoms with Gasteiger partial charge in [-0.25, -0.2) is 13.2 Å². The smallest absolute Gasteiger partial charge is 0.332 e. The quantitative estimate of drug-likeness (QED) is 0.259. The Morgan fingerprint density at radius 1 is 1.00 bits per heavy atom. The Bertz CT molecular complexity index is 1270. The van der Waals surface area contributed by atoms with Gasteiger partial charge in [0.15, 0.2) is 13.3 Å². The first-order valence-electron chi connectivity index (χ1n) is 9.81. The van der Waals surface area contributed by atoms with E-state index in [1.54, 1.807) is 18.2 Å². The van der Waals surface area contributed by atoms with E-state index >= 15 is 0 Å². The van der Waals surface area contributed by atoms with E-state index in [1.165, 1.54) is 12.1 Å². The third-order valence-electron chi connectivity index (χ3n) is 5.01. The van der Waals surface area contributed by atoms with E-state index in [-0.39, 0.29) is 28.3 Å². The fourth-order valence-corrected chi connectivity index (χ4v) is 100. The summed E-state index contributed by atoms with van der Waals surface area (Å²) in [4.78, 5) is 26.5. The molecule has 1 aromatic carbocycles. The number of carbonyl (C=O) groups excluding carboxylic acids is 1. The first-order chi connectivity index (χ1) is 16.8. The van der Waals surface area contributed by atoms with Crippen LogP contribution in [0.1, 0.15) is 18.2 Å². The molecule has 21 heteroatoms. The topological polar surface area (TPSA) is 103 Å². The maximum atomic E-state index is 13.6. The molecule has 3 rings (SSSR count). The van der Waals surface area contributed by atoms with Crippen molar-refractivity contribution in [3.63, 3.8) is 0 Å². The molecule has 0 saturated carbocycles. The molecule has 1 N–H and O–H groups in total. The Morgan fingerprint density at radius 3 is 2.11 bits per heavy atom. The van der Waals surface area contributed by atoms with Gasteiger partial charge in [0, 0.05) is 25.7 Å². The normalized spacial score (nSPS) is 17.6. The molecule has 0 bridgehead atoms. The first kappa shape index (κ1) is 33.5. The van der Waals surface area contributed by atoms with Gasteiger partial charge in [0.25, 0.3) is 5.56 Å². The predicted molar refractivity (Wildman–Crippen MR) is 187 cm³/mol. The van der Waals surface area contributed by atoms with Crippen LogP contribution in [-0.2, 0) is 25.6 Å². The first-order valence-corrected chi connectivity index (χ1v) is 34.1. The number of sulfone groups is 1. The molecule has 2 heterocycles. The van der Waals surface area contributed by atoms with E-state index < -0.39 is 75.6 Å². The molecule has 0 amide bonds. The molecule has 198 valence electrons. The number of aromatic hydroxyl groups is 1. The van der Waals surface area contributed by atoms with E-state index in [4.69, 9.17) is 4.52 Å². The zero-order valence-electron chi connectivity index (χ0n) is 18.5. The zero-order chi connectivity index (χ0) is 26.9. The number of aromatic nitrogens is 1. The highest BCUT2D eigenvalue weighted by Gasteiger charge is 2.42. The number of nitrogens with zero attached hydrogens (tertiary/aromatic N) is 1. The number of hydrogen-bond acceptors (Lipinski definition) is 6. The monoisotopic (exact) mass is 751 g/mol. The molecule has 0 spiro atoms. The van der Waals surface area contributed by atoms with Gasteiger partial charge in [0.05, 0.1) is 9.79 Å². The summed E-state index contributed by atoms with van der Waals surface area (Å²) in [6.07, 6.45) is 0.438. The average Bonchev–Trinajstić information content (AvgIpc) is 3.25. The van der Waals surface area contributed by atoms with Crippen molar-refractivity contribution in [2.75, 3.05) is 0 Å². The highest BCUT2D eigenvalue weighted by atomic mass is 33.2. The van der Waals surface area contributed by atoms with Crippen molar-refractivity contribution in [1.82, 2.24) is 4.57 Å². The van der Waals surface area contributed by atoms with Crippen LogP contribution >= 0.6 is 105 Å². The van der Waals surface area contributed by atoms with Crippen LogP contribution in [-0.4, -0.2) is 24.1 Å². The average molecular weight is 751 g/mol. The Labute approximate surface area is 233 Å². The number of pyridine rings is 1. The van der Waals surface area contributed by atoms with Crippen LogP contribution in [0.15, 0.2) is 51.0 Å². The third kappa shape index (κ3) is 7.48. The van der Waals surface area contributed by atoms with Crippen LogP contribution < -0.4 is 5.56 Å². The minimum Gasteiger partial charge on any atom is -0.503 e. The standard InChI is InChI=1S/C15H26NO6P13S/c17-12-8-13(36(20,21)9-4-2-1-3-5-9)10-6-7-11(16(10)14(12)18)15(19)22-30(34(29)31(23)24)35(32(25)26)33(27)28/h1-5,8,11,17H,6-7,23-29H2.